The van der Waals surface area contributed by atoms with E-state index in [0.717, 1.165) is 47.0 Å². The van der Waals surface area contributed by atoms with Crippen LogP contribution < -0.4 is 25.8 Å². The molecule has 18 nitrogen and oxygen atoms in total. The fourth-order valence-corrected chi connectivity index (χ4v) is 9.72. The molecule has 0 spiro atoms. The third kappa shape index (κ3) is 12.3. The van der Waals surface area contributed by atoms with Crippen LogP contribution in [0.15, 0.2) is 59.8 Å². The fourth-order valence-electron chi connectivity index (χ4n) is 9.03. The summed E-state index contributed by atoms with van der Waals surface area (Å²) in [7, 11) is 1.90. The average Bonchev–Trinajstić information content (AvgIpc) is 3.86. The van der Waals surface area contributed by atoms with E-state index in [1.165, 1.54) is 17.7 Å². The van der Waals surface area contributed by atoms with E-state index in [0.29, 0.717) is 60.5 Å². The number of piperidine rings is 1. The maximum absolute atomic E-state index is 14.6. The van der Waals surface area contributed by atoms with E-state index in [1.807, 2.05) is 43.0 Å². The van der Waals surface area contributed by atoms with E-state index < -0.39 is 47.1 Å². The maximum Gasteiger partial charge on any atom is 0.415 e. The van der Waals surface area contributed by atoms with E-state index in [9.17, 15) is 24.0 Å². The Labute approximate surface area is 415 Å². The van der Waals surface area contributed by atoms with Crippen molar-refractivity contribution in [2.45, 2.75) is 122 Å². The molecule has 2 fully saturated rings. The molecule has 2 aromatic carbocycles. The molecule has 3 atom stereocenters. The van der Waals surface area contributed by atoms with Gasteiger partial charge in [-0.15, -0.1) is 22.0 Å². The maximum atomic E-state index is 14.6. The number of fused-ring (bicyclic) bond motifs is 1. The Morgan fingerprint density at radius 3 is 2.37 bits per heavy atom. The van der Waals surface area contributed by atoms with Crippen molar-refractivity contribution in [1.82, 2.24) is 35.3 Å². The minimum absolute atomic E-state index is 0.0796. The van der Waals surface area contributed by atoms with Gasteiger partial charge in [0.2, 0.25) is 11.8 Å². The van der Waals surface area contributed by atoms with Gasteiger partial charge in [-0.05, 0) is 131 Å². The lowest BCUT2D eigenvalue weighted by molar-refractivity contribution is -0.128. The molecular formula is C51H68N10O8S. The number of aryl methyl sites for hydroxylation is 1. The first-order valence-electron chi connectivity index (χ1n) is 24.1. The number of aromatic nitrogens is 4. The Kier molecular flexibility index (Phi) is 16.2. The number of likely N-dealkylation sites (tertiary alicyclic amines) is 1. The number of carbonyl (C=O) groups excluding carboxylic acids is 5. The SMILES string of the molecule is CCN(C(=O)OCc1ccc(NC(=O)C(C)NC(=O)C(NC(=O)OC(C)(C)C)C(C)C)cc1)c1cc(C2(Cc3nncn3C)COC2)cc(N2Cc3c(SC)cc(CN4CCC[C@H](C)C4)cc3C2=O)n1. The predicted molar refractivity (Wildman–Crippen MR) is 268 cm³/mol. The Hall–Kier alpha value is -6.05. The van der Waals surface area contributed by atoms with Gasteiger partial charge >= 0.3 is 12.2 Å². The van der Waals surface area contributed by atoms with Gasteiger partial charge in [0.15, 0.2) is 0 Å². The highest BCUT2D eigenvalue weighted by atomic mass is 32.2. The fraction of sp³-hybridized carbons (Fsp3) is 0.529. The topological polar surface area (TPSA) is 202 Å². The normalized spacial score (nSPS) is 17.6. The molecule has 3 aliphatic heterocycles. The van der Waals surface area contributed by atoms with Crippen molar-refractivity contribution in [3.63, 3.8) is 0 Å². The van der Waals surface area contributed by atoms with Crippen molar-refractivity contribution in [3.05, 3.63) is 88.5 Å². The summed E-state index contributed by atoms with van der Waals surface area (Å²) in [6.45, 7) is 18.6. The number of thioether (sulfide) groups is 1. The highest BCUT2D eigenvalue weighted by Gasteiger charge is 2.44. The van der Waals surface area contributed by atoms with Crippen LogP contribution in [-0.4, -0.2) is 111 Å². The Bertz CT molecular complexity index is 2560. The van der Waals surface area contributed by atoms with Crippen LogP contribution in [0.3, 0.4) is 0 Å². The van der Waals surface area contributed by atoms with Crippen molar-refractivity contribution in [2.24, 2.45) is 18.9 Å². The van der Waals surface area contributed by atoms with Gasteiger partial charge in [-0.3, -0.25) is 29.1 Å². The van der Waals surface area contributed by atoms with E-state index >= 15 is 0 Å². The summed E-state index contributed by atoms with van der Waals surface area (Å²) in [6.07, 6.45) is 5.26. The second kappa shape index (κ2) is 21.9. The van der Waals surface area contributed by atoms with Crippen molar-refractivity contribution >= 4 is 59.0 Å². The molecule has 7 rings (SSSR count). The van der Waals surface area contributed by atoms with Crippen LogP contribution in [0.1, 0.15) is 107 Å². The van der Waals surface area contributed by atoms with Crippen LogP contribution in [0, 0.1) is 11.8 Å². The van der Waals surface area contributed by atoms with Crippen LogP contribution in [-0.2, 0) is 62.4 Å². The monoisotopic (exact) mass is 980 g/mol. The molecule has 4 aromatic rings. The van der Waals surface area contributed by atoms with Crippen molar-refractivity contribution in [1.29, 1.82) is 0 Å². The Morgan fingerprint density at radius 2 is 1.76 bits per heavy atom. The molecule has 5 amide bonds. The number of anilines is 3. The highest BCUT2D eigenvalue weighted by Crippen LogP contribution is 2.41. The molecular weight excluding hydrogens is 913 g/mol. The molecule has 2 aromatic heterocycles. The summed E-state index contributed by atoms with van der Waals surface area (Å²) in [5.41, 5.74) is 3.46. The number of rotatable bonds is 17. The zero-order chi connectivity index (χ0) is 50.5. The van der Waals surface area contributed by atoms with Crippen LogP contribution in [0.5, 0.6) is 0 Å². The number of hydrogen-bond acceptors (Lipinski definition) is 13. The van der Waals surface area contributed by atoms with Gasteiger partial charge in [-0.2, -0.15) is 0 Å². The summed E-state index contributed by atoms with van der Waals surface area (Å²) >= 11 is 1.64. The van der Waals surface area contributed by atoms with Crippen molar-refractivity contribution < 1.29 is 38.2 Å². The van der Waals surface area contributed by atoms with Crippen molar-refractivity contribution in [3.8, 4) is 0 Å². The molecule has 5 heterocycles. The van der Waals surface area contributed by atoms with E-state index in [-0.39, 0.29) is 25.0 Å². The molecule has 0 saturated carbocycles. The van der Waals surface area contributed by atoms with Crippen LogP contribution in [0.25, 0.3) is 0 Å². The minimum atomic E-state index is -0.931. The van der Waals surface area contributed by atoms with Gasteiger partial charge in [-0.1, -0.05) is 32.9 Å². The lowest BCUT2D eigenvalue weighted by Crippen LogP contribution is -2.54. The lowest BCUT2D eigenvalue weighted by Gasteiger charge is -2.42. The number of benzene rings is 2. The average molecular weight is 981 g/mol. The molecule has 3 N–H and O–H groups in total. The number of amides is 5. The van der Waals surface area contributed by atoms with Gasteiger partial charge in [0.1, 0.15) is 48.1 Å². The second-order valence-electron chi connectivity index (χ2n) is 20.2. The number of pyridine rings is 1. The summed E-state index contributed by atoms with van der Waals surface area (Å²) in [5.74, 6) is 0.760. The zero-order valence-corrected chi connectivity index (χ0v) is 42.9. The Morgan fingerprint density at radius 1 is 1.01 bits per heavy atom. The summed E-state index contributed by atoms with van der Waals surface area (Å²) < 4.78 is 18.9. The number of nitrogens with one attached hydrogen (secondary N) is 3. The molecule has 0 bridgehead atoms. The number of carbonyl (C=O) groups is 5. The molecule has 19 heteroatoms. The first-order valence-corrected chi connectivity index (χ1v) is 25.3. The highest BCUT2D eigenvalue weighted by molar-refractivity contribution is 7.98. The minimum Gasteiger partial charge on any atom is -0.444 e. The van der Waals surface area contributed by atoms with Gasteiger partial charge in [0.25, 0.3) is 5.91 Å². The largest absolute Gasteiger partial charge is 0.444 e. The molecule has 0 radical (unpaired) electrons. The molecule has 2 unspecified atom stereocenters. The van der Waals surface area contributed by atoms with Crippen LogP contribution in [0.4, 0.5) is 26.9 Å². The summed E-state index contributed by atoms with van der Waals surface area (Å²) in [6, 6.07) is 13.0. The molecule has 2 saturated heterocycles. The molecule has 0 aliphatic carbocycles. The molecule has 3 aliphatic rings. The smallest absolute Gasteiger partial charge is 0.415 e. The quantitative estimate of drug-likeness (QED) is 0.0915. The third-order valence-corrected chi connectivity index (χ3v) is 13.7. The first-order chi connectivity index (χ1) is 33.3. The molecule has 70 heavy (non-hydrogen) atoms. The zero-order valence-electron chi connectivity index (χ0n) is 42.1. The van der Waals surface area contributed by atoms with Gasteiger partial charge in [-0.25, -0.2) is 14.6 Å². The number of hydrogen-bond donors (Lipinski definition) is 3. The van der Waals surface area contributed by atoms with E-state index in [4.69, 9.17) is 19.2 Å². The predicted octanol–water partition coefficient (Wildman–Crippen LogP) is 6.99. The van der Waals surface area contributed by atoms with Crippen molar-refractivity contribution in [2.75, 3.05) is 54.2 Å². The third-order valence-electron chi connectivity index (χ3n) is 12.9. The Balaban J connectivity index is 1.06. The van der Waals surface area contributed by atoms with Gasteiger partial charge in [0.05, 0.1) is 19.8 Å². The first kappa shape index (κ1) is 51.8. The summed E-state index contributed by atoms with van der Waals surface area (Å²) in [5, 5.41) is 16.6. The van der Waals surface area contributed by atoms with Gasteiger partial charge < -0.3 is 34.7 Å². The number of ether oxygens (including phenoxy) is 3. The summed E-state index contributed by atoms with van der Waals surface area (Å²) in [4.78, 5) is 79.0. The number of nitrogens with zero attached hydrogens (tertiary/aromatic N) is 7. The van der Waals surface area contributed by atoms with E-state index in [2.05, 4.69) is 44.0 Å². The molecule has 376 valence electrons. The lowest BCUT2D eigenvalue weighted by atomic mass is 9.75. The second-order valence-corrected chi connectivity index (χ2v) is 21.0. The van der Waals surface area contributed by atoms with Crippen LogP contribution in [0.2, 0.25) is 0 Å². The van der Waals surface area contributed by atoms with E-state index in [1.54, 1.807) is 88.8 Å². The van der Waals surface area contributed by atoms with Crippen LogP contribution >= 0.6 is 11.8 Å². The van der Waals surface area contributed by atoms with Gasteiger partial charge in [0, 0.05) is 54.7 Å². The standard InChI is InChI=1S/C51H68N10O8S/c1-11-60(49(66)68-27-34-14-16-37(17-15-34)54-45(62)33(5)53-46(63)44(31(2)3)56-48(65)69-50(6,7)8)41-21-36(51(28-67-29-51)23-43-57-52-30-58(43)9)22-42(55-41)61-26-39-38(47(61)64)19-35(20-40(39)70-10)25-59-18-12-13-32(4)24-59/h14-17,19-22,30-33,44H,11-13,18,23-29H2,1-10H3,(H,53,63)(H,54,62)(H,56,65)/t32-,33?,44?/m0/s1. The number of alkyl carbamates (subject to hydrolysis) is 1.